The lowest BCUT2D eigenvalue weighted by Gasteiger charge is -2.08. The third-order valence-electron chi connectivity index (χ3n) is 2.02. The van der Waals surface area contributed by atoms with Crippen molar-refractivity contribution in [3.63, 3.8) is 0 Å². The molecular weight excluding hydrogens is 180 g/mol. The Morgan fingerprint density at radius 3 is 3.07 bits per heavy atom. The van der Waals surface area contributed by atoms with Crippen LogP contribution in [0.5, 0.6) is 0 Å². The van der Waals surface area contributed by atoms with E-state index >= 15 is 0 Å². The van der Waals surface area contributed by atoms with E-state index in [4.69, 9.17) is 5.73 Å². The summed E-state index contributed by atoms with van der Waals surface area (Å²) in [5.41, 5.74) is 6.15. The van der Waals surface area contributed by atoms with Crippen molar-refractivity contribution in [2.45, 2.75) is 19.5 Å². The first-order valence-corrected chi connectivity index (χ1v) is 4.47. The molecule has 0 bridgehead atoms. The van der Waals surface area contributed by atoms with Crippen molar-refractivity contribution in [2.24, 2.45) is 5.73 Å². The molecule has 2 aromatic heterocycles. The van der Waals surface area contributed by atoms with Gasteiger partial charge in [0.2, 0.25) is 0 Å². The molecule has 0 saturated carbocycles. The van der Waals surface area contributed by atoms with Gasteiger partial charge in [-0.15, -0.1) is 0 Å². The molecule has 14 heavy (non-hydrogen) atoms. The Balaban J connectivity index is 2.57. The number of hydrogen-bond acceptors (Lipinski definition) is 3. The minimum atomic E-state index is -0.0534. The van der Waals surface area contributed by atoms with Gasteiger partial charge in [0, 0.05) is 25.0 Å². The molecule has 74 valence electrons. The quantitative estimate of drug-likeness (QED) is 0.719. The molecule has 5 nitrogen and oxygen atoms in total. The Kier molecular flexibility index (Phi) is 2.09. The van der Waals surface area contributed by atoms with Crippen LogP contribution >= 0.6 is 0 Å². The van der Waals surface area contributed by atoms with Gasteiger partial charge in [0.25, 0.3) is 5.56 Å². The Labute approximate surface area is 80.8 Å². The fourth-order valence-electron chi connectivity index (χ4n) is 1.41. The minimum absolute atomic E-state index is 0.0296. The zero-order valence-electron chi connectivity index (χ0n) is 7.92. The topological polar surface area (TPSA) is 65.3 Å². The maximum absolute atomic E-state index is 11.8. The average molecular weight is 192 g/mol. The van der Waals surface area contributed by atoms with Crippen molar-refractivity contribution < 1.29 is 0 Å². The molecule has 0 saturated heterocycles. The number of fused-ring (bicyclic) bond motifs is 1. The van der Waals surface area contributed by atoms with Crippen LogP contribution in [0.2, 0.25) is 0 Å². The van der Waals surface area contributed by atoms with Gasteiger partial charge in [-0.3, -0.25) is 4.79 Å². The minimum Gasteiger partial charge on any atom is -0.326 e. The molecule has 0 aliphatic carbocycles. The van der Waals surface area contributed by atoms with Gasteiger partial charge >= 0.3 is 0 Å². The van der Waals surface area contributed by atoms with Gasteiger partial charge in [0.15, 0.2) is 0 Å². The van der Waals surface area contributed by atoms with Gasteiger partial charge < -0.3 is 10.3 Å². The first-order valence-electron chi connectivity index (χ1n) is 4.47. The van der Waals surface area contributed by atoms with Gasteiger partial charge in [-0.05, 0) is 13.0 Å². The zero-order chi connectivity index (χ0) is 10.1. The summed E-state index contributed by atoms with van der Waals surface area (Å²) in [5, 5.41) is 3.97. The third-order valence-corrected chi connectivity index (χ3v) is 2.02. The normalized spacial score (nSPS) is 13.3. The molecule has 0 fully saturated rings. The molecule has 5 heteroatoms. The first kappa shape index (κ1) is 8.96. The fraction of sp³-hybridized carbons (Fsp3) is 0.333. The van der Waals surface area contributed by atoms with Crippen LogP contribution in [0.25, 0.3) is 5.52 Å². The van der Waals surface area contributed by atoms with Crippen LogP contribution in [-0.4, -0.2) is 20.2 Å². The third kappa shape index (κ3) is 1.42. The molecule has 2 heterocycles. The number of nitrogens with two attached hydrogens (primary N) is 1. The second-order valence-corrected chi connectivity index (χ2v) is 3.39. The van der Waals surface area contributed by atoms with E-state index in [1.807, 2.05) is 6.92 Å². The van der Waals surface area contributed by atoms with Crippen molar-refractivity contribution in [3.8, 4) is 0 Å². The fourth-order valence-corrected chi connectivity index (χ4v) is 1.41. The van der Waals surface area contributed by atoms with E-state index < -0.39 is 0 Å². The van der Waals surface area contributed by atoms with Gasteiger partial charge in [-0.2, -0.15) is 5.10 Å². The first-order chi connectivity index (χ1) is 6.68. The van der Waals surface area contributed by atoms with Gasteiger partial charge in [0.05, 0.1) is 6.20 Å². The van der Waals surface area contributed by atoms with Crippen LogP contribution in [-0.2, 0) is 6.54 Å². The summed E-state index contributed by atoms with van der Waals surface area (Å²) < 4.78 is 3.15. The Bertz CT molecular complexity index is 497. The molecule has 2 rings (SSSR count). The van der Waals surface area contributed by atoms with Crippen LogP contribution in [0.15, 0.2) is 29.5 Å². The van der Waals surface area contributed by atoms with Crippen LogP contribution in [0.1, 0.15) is 6.92 Å². The van der Waals surface area contributed by atoms with Crippen molar-refractivity contribution in [2.75, 3.05) is 0 Å². The lowest BCUT2D eigenvalue weighted by Crippen LogP contribution is -2.30. The smallest absolute Gasteiger partial charge is 0.276 e. The van der Waals surface area contributed by atoms with Crippen molar-refractivity contribution in [1.82, 2.24) is 14.2 Å². The molecule has 2 N–H and O–H groups in total. The molecule has 1 unspecified atom stereocenters. The van der Waals surface area contributed by atoms with E-state index in [-0.39, 0.29) is 11.6 Å². The molecule has 1 atom stereocenters. The monoisotopic (exact) mass is 192 g/mol. The molecule has 0 aliphatic heterocycles. The van der Waals surface area contributed by atoms with E-state index in [2.05, 4.69) is 5.10 Å². The lowest BCUT2D eigenvalue weighted by atomic mass is 10.3. The van der Waals surface area contributed by atoms with E-state index in [1.54, 1.807) is 33.7 Å². The van der Waals surface area contributed by atoms with E-state index in [9.17, 15) is 4.79 Å². The number of aromatic nitrogens is 3. The second-order valence-electron chi connectivity index (χ2n) is 3.39. The molecule has 2 aromatic rings. The molecule has 0 spiro atoms. The van der Waals surface area contributed by atoms with E-state index in [0.29, 0.717) is 12.1 Å². The van der Waals surface area contributed by atoms with Crippen LogP contribution in [0.4, 0.5) is 0 Å². The number of hydrogen-bond donors (Lipinski definition) is 1. The van der Waals surface area contributed by atoms with Crippen LogP contribution in [0.3, 0.4) is 0 Å². The van der Waals surface area contributed by atoms with Gasteiger partial charge in [-0.25, -0.2) is 4.52 Å². The van der Waals surface area contributed by atoms with Gasteiger partial charge in [-0.1, -0.05) is 0 Å². The Morgan fingerprint density at radius 2 is 2.36 bits per heavy atom. The summed E-state index contributed by atoms with van der Waals surface area (Å²) in [6.45, 7) is 2.40. The highest BCUT2D eigenvalue weighted by atomic mass is 16.1. The summed E-state index contributed by atoms with van der Waals surface area (Å²) in [4.78, 5) is 11.8. The molecule has 0 amide bonds. The summed E-state index contributed by atoms with van der Waals surface area (Å²) in [7, 11) is 0. The van der Waals surface area contributed by atoms with Crippen molar-refractivity contribution in [3.05, 3.63) is 35.0 Å². The van der Waals surface area contributed by atoms with E-state index in [0.717, 1.165) is 0 Å². The highest BCUT2D eigenvalue weighted by molar-refractivity contribution is 5.42. The predicted octanol–water partition coefficient (Wildman–Crippen LogP) is -0.157. The SMILES string of the molecule is CC(N)Cn1ccn2nccc2c1=O. The highest BCUT2D eigenvalue weighted by Gasteiger charge is 2.03. The number of rotatable bonds is 2. The summed E-state index contributed by atoms with van der Waals surface area (Å²) in [6, 6.07) is 1.66. The van der Waals surface area contributed by atoms with E-state index in [1.165, 1.54) is 0 Å². The summed E-state index contributed by atoms with van der Waals surface area (Å²) in [5.74, 6) is 0. The Morgan fingerprint density at radius 1 is 1.57 bits per heavy atom. The highest BCUT2D eigenvalue weighted by Crippen LogP contribution is 1.94. The average Bonchev–Trinajstić information content (AvgIpc) is 2.57. The van der Waals surface area contributed by atoms with Gasteiger partial charge in [0.1, 0.15) is 5.52 Å². The lowest BCUT2D eigenvalue weighted by molar-refractivity contribution is 0.571. The van der Waals surface area contributed by atoms with Crippen LogP contribution < -0.4 is 11.3 Å². The maximum atomic E-state index is 11.8. The van der Waals surface area contributed by atoms with Crippen molar-refractivity contribution >= 4 is 5.52 Å². The summed E-state index contributed by atoms with van der Waals surface area (Å²) >= 11 is 0. The van der Waals surface area contributed by atoms with Crippen LogP contribution in [0, 0.1) is 0 Å². The Hall–Kier alpha value is -1.62. The zero-order valence-corrected chi connectivity index (χ0v) is 7.92. The van der Waals surface area contributed by atoms with Crippen molar-refractivity contribution in [1.29, 1.82) is 0 Å². The summed E-state index contributed by atoms with van der Waals surface area (Å²) in [6.07, 6.45) is 5.05. The molecule has 0 radical (unpaired) electrons. The molecular formula is C9H12N4O. The maximum Gasteiger partial charge on any atom is 0.276 e. The number of nitrogens with zero attached hydrogens (tertiary/aromatic N) is 3. The molecule has 0 aliphatic rings. The standard InChI is InChI=1S/C9H12N4O/c1-7(10)6-12-4-5-13-8(9(12)14)2-3-11-13/h2-5,7H,6,10H2,1H3. The molecule has 0 aromatic carbocycles. The second kappa shape index (κ2) is 3.26. The largest absolute Gasteiger partial charge is 0.326 e. The predicted molar refractivity (Wildman–Crippen MR) is 53.1 cm³/mol.